The van der Waals surface area contributed by atoms with Gasteiger partial charge in [-0.25, -0.2) is 5.43 Å². The molecule has 0 aliphatic heterocycles. The van der Waals surface area contributed by atoms with Crippen LogP contribution in [0.4, 0.5) is 0 Å². The van der Waals surface area contributed by atoms with Crippen molar-refractivity contribution in [3.05, 3.63) is 68.7 Å². The Morgan fingerprint density at radius 2 is 1.58 bits per heavy atom. The first-order chi connectivity index (χ1) is 9.02. The van der Waals surface area contributed by atoms with E-state index in [9.17, 15) is 0 Å². The number of benzene rings is 2. The van der Waals surface area contributed by atoms with Crippen molar-refractivity contribution in [3.8, 4) is 0 Å². The van der Waals surface area contributed by atoms with Crippen LogP contribution < -0.4 is 11.3 Å². The molecule has 0 aliphatic rings. The van der Waals surface area contributed by atoms with E-state index in [4.69, 9.17) is 5.84 Å². The van der Waals surface area contributed by atoms with Crippen LogP contribution in [0.1, 0.15) is 33.9 Å². The second-order valence-electron chi connectivity index (χ2n) is 4.98. The Bertz CT molecular complexity index is 593. The zero-order valence-electron chi connectivity index (χ0n) is 11.5. The Balaban J connectivity index is 2.52. The Morgan fingerprint density at radius 3 is 2.21 bits per heavy atom. The molecule has 2 nitrogen and oxygen atoms in total. The molecule has 0 heterocycles. The van der Waals surface area contributed by atoms with Crippen molar-refractivity contribution in [2.24, 2.45) is 5.84 Å². The highest BCUT2D eigenvalue weighted by atomic mass is 79.9. The molecule has 3 heteroatoms. The highest BCUT2D eigenvalue weighted by Crippen LogP contribution is 2.31. The van der Waals surface area contributed by atoms with Crippen LogP contribution in [0.15, 0.2) is 40.9 Å². The fourth-order valence-corrected chi connectivity index (χ4v) is 3.01. The summed E-state index contributed by atoms with van der Waals surface area (Å²) in [5.74, 6) is 5.79. The molecule has 0 bridgehead atoms. The Hall–Kier alpha value is -1.16. The molecule has 0 radical (unpaired) electrons. The third kappa shape index (κ3) is 3.06. The van der Waals surface area contributed by atoms with Crippen molar-refractivity contribution in [1.82, 2.24) is 5.43 Å². The molecule has 2 rings (SSSR count). The van der Waals surface area contributed by atoms with Crippen molar-refractivity contribution in [2.75, 3.05) is 0 Å². The third-order valence-corrected chi connectivity index (χ3v) is 4.07. The highest BCUT2D eigenvalue weighted by molar-refractivity contribution is 9.10. The molecule has 2 aromatic carbocycles. The number of hydrogen-bond acceptors (Lipinski definition) is 2. The van der Waals surface area contributed by atoms with Gasteiger partial charge in [-0.1, -0.05) is 51.8 Å². The monoisotopic (exact) mass is 318 g/mol. The largest absolute Gasteiger partial charge is 0.271 e. The minimum atomic E-state index is -0.00475. The zero-order valence-corrected chi connectivity index (χ0v) is 13.1. The molecule has 19 heavy (non-hydrogen) atoms. The lowest BCUT2D eigenvalue weighted by Crippen LogP contribution is -2.29. The SMILES string of the molecule is Cc1ccc(C(NN)c2cc(C)ccc2C)c(Br)c1. The normalized spacial score (nSPS) is 12.5. The standard InChI is InChI=1S/C16H19BrN2/c1-10-4-6-12(3)14(8-10)16(19-18)13-7-5-11(2)9-15(13)17/h4-9,16,19H,18H2,1-3H3. The van der Waals surface area contributed by atoms with Gasteiger partial charge >= 0.3 is 0 Å². The molecule has 0 fully saturated rings. The van der Waals surface area contributed by atoms with Gasteiger partial charge in [-0.15, -0.1) is 0 Å². The van der Waals surface area contributed by atoms with Crippen LogP contribution in [0.3, 0.4) is 0 Å². The smallest absolute Gasteiger partial charge is 0.0723 e. The van der Waals surface area contributed by atoms with Gasteiger partial charge in [0.2, 0.25) is 0 Å². The Morgan fingerprint density at radius 1 is 0.947 bits per heavy atom. The van der Waals surface area contributed by atoms with Crippen molar-refractivity contribution < 1.29 is 0 Å². The molecular weight excluding hydrogens is 300 g/mol. The minimum absolute atomic E-state index is 0.00475. The van der Waals surface area contributed by atoms with Gasteiger partial charge in [0.15, 0.2) is 0 Å². The molecule has 1 atom stereocenters. The van der Waals surface area contributed by atoms with E-state index in [-0.39, 0.29) is 6.04 Å². The highest BCUT2D eigenvalue weighted by Gasteiger charge is 2.17. The summed E-state index contributed by atoms with van der Waals surface area (Å²) in [4.78, 5) is 0. The topological polar surface area (TPSA) is 38.0 Å². The van der Waals surface area contributed by atoms with Crippen LogP contribution in [0.5, 0.6) is 0 Å². The number of hydrogen-bond donors (Lipinski definition) is 2. The van der Waals surface area contributed by atoms with E-state index < -0.39 is 0 Å². The molecule has 100 valence electrons. The van der Waals surface area contributed by atoms with Gasteiger partial charge in [0.25, 0.3) is 0 Å². The average molecular weight is 319 g/mol. The number of aryl methyl sites for hydroxylation is 3. The quantitative estimate of drug-likeness (QED) is 0.664. The molecule has 0 amide bonds. The van der Waals surface area contributed by atoms with E-state index in [2.05, 4.69) is 78.5 Å². The van der Waals surface area contributed by atoms with Crippen LogP contribution in [0.25, 0.3) is 0 Å². The summed E-state index contributed by atoms with van der Waals surface area (Å²) >= 11 is 3.63. The third-order valence-electron chi connectivity index (χ3n) is 3.38. The van der Waals surface area contributed by atoms with Crippen LogP contribution in [-0.4, -0.2) is 0 Å². The predicted molar refractivity (Wildman–Crippen MR) is 84.0 cm³/mol. The maximum atomic E-state index is 5.79. The summed E-state index contributed by atoms with van der Waals surface area (Å²) < 4.78 is 1.08. The average Bonchev–Trinajstić information content (AvgIpc) is 2.36. The maximum Gasteiger partial charge on any atom is 0.0723 e. The van der Waals surface area contributed by atoms with Gasteiger partial charge < -0.3 is 0 Å². The number of halogens is 1. The van der Waals surface area contributed by atoms with Gasteiger partial charge in [0.05, 0.1) is 6.04 Å². The summed E-state index contributed by atoms with van der Waals surface area (Å²) in [7, 11) is 0. The van der Waals surface area contributed by atoms with Crippen LogP contribution in [0, 0.1) is 20.8 Å². The van der Waals surface area contributed by atoms with Crippen molar-refractivity contribution in [1.29, 1.82) is 0 Å². The lowest BCUT2D eigenvalue weighted by molar-refractivity contribution is 0.631. The van der Waals surface area contributed by atoms with E-state index in [1.54, 1.807) is 0 Å². The summed E-state index contributed by atoms with van der Waals surface area (Å²) in [6.45, 7) is 6.29. The van der Waals surface area contributed by atoms with Gasteiger partial charge in [-0.05, 0) is 49.1 Å². The Labute approximate surface area is 123 Å². The predicted octanol–water partition coefficient (Wildman–Crippen LogP) is 3.93. The molecule has 0 aromatic heterocycles. The lowest BCUT2D eigenvalue weighted by Gasteiger charge is -2.21. The summed E-state index contributed by atoms with van der Waals surface area (Å²) in [5.41, 5.74) is 9.01. The summed E-state index contributed by atoms with van der Waals surface area (Å²) in [6, 6.07) is 12.8. The van der Waals surface area contributed by atoms with Crippen LogP contribution in [0.2, 0.25) is 0 Å². The minimum Gasteiger partial charge on any atom is -0.271 e. The van der Waals surface area contributed by atoms with Gasteiger partial charge in [0.1, 0.15) is 0 Å². The fraction of sp³-hybridized carbons (Fsp3) is 0.250. The van der Waals surface area contributed by atoms with Crippen molar-refractivity contribution >= 4 is 15.9 Å². The number of nitrogens with two attached hydrogens (primary N) is 1. The molecule has 0 aliphatic carbocycles. The fourth-order valence-electron chi connectivity index (χ4n) is 2.28. The Kier molecular flexibility index (Phi) is 4.40. The molecule has 0 saturated carbocycles. The molecule has 2 aromatic rings. The summed E-state index contributed by atoms with van der Waals surface area (Å²) in [6.07, 6.45) is 0. The first-order valence-corrected chi connectivity index (χ1v) is 7.11. The maximum absolute atomic E-state index is 5.79. The molecule has 3 N–H and O–H groups in total. The molecule has 0 saturated heterocycles. The van der Waals surface area contributed by atoms with E-state index in [1.165, 1.54) is 22.3 Å². The van der Waals surface area contributed by atoms with Crippen LogP contribution >= 0.6 is 15.9 Å². The van der Waals surface area contributed by atoms with Gasteiger partial charge in [0, 0.05) is 4.47 Å². The second-order valence-corrected chi connectivity index (χ2v) is 5.84. The summed E-state index contributed by atoms with van der Waals surface area (Å²) in [5, 5.41) is 0. The van der Waals surface area contributed by atoms with Crippen molar-refractivity contribution in [3.63, 3.8) is 0 Å². The number of nitrogens with one attached hydrogen (secondary N) is 1. The molecular formula is C16H19BrN2. The van der Waals surface area contributed by atoms with Gasteiger partial charge in [-0.3, -0.25) is 5.84 Å². The van der Waals surface area contributed by atoms with Gasteiger partial charge in [-0.2, -0.15) is 0 Å². The number of hydrazine groups is 1. The lowest BCUT2D eigenvalue weighted by atomic mass is 9.93. The van der Waals surface area contributed by atoms with E-state index in [0.29, 0.717) is 0 Å². The molecule has 0 spiro atoms. The molecule has 1 unspecified atom stereocenters. The zero-order chi connectivity index (χ0) is 14.0. The van der Waals surface area contributed by atoms with E-state index >= 15 is 0 Å². The van der Waals surface area contributed by atoms with Crippen LogP contribution in [-0.2, 0) is 0 Å². The van der Waals surface area contributed by atoms with Crippen molar-refractivity contribution in [2.45, 2.75) is 26.8 Å². The number of rotatable bonds is 3. The van der Waals surface area contributed by atoms with E-state index in [1.807, 2.05) is 0 Å². The first kappa shape index (κ1) is 14.3. The second kappa shape index (κ2) is 5.87. The van der Waals surface area contributed by atoms with E-state index in [0.717, 1.165) is 10.0 Å². The first-order valence-electron chi connectivity index (χ1n) is 6.32.